The molecule has 0 saturated carbocycles. The smallest absolute Gasteiger partial charge is 0.126 e. The number of hydrogen-bond donors (Lipinski definition) is 1. The van der Waals surface area contributed by atoms with E-state index in [9.17, 15) is 0 Å². The molecule has 0 fully saturated rings. The quantitative estimate of drug-likeness (QED) is 0.866. The van der Waals surface area contributed by atoms with Gasteiger partial charge >= 0.3 is 0 Å². The fourth-order valence-electron chi connectivity index (χ4n) is 2.15. The summed E-state index contributed by atoms with van der Waals surface area (Å²) in [7, 11) is 0. The standard InChI is InChI=1S/C16H20N2/c1-12(2)16(14-9-5-4-8-13(14)3)18-15-10-6-7-11-17-15/h4-12,16H,1-3H3,(H,17,18). The molecule has 1 N–H and O–H groups in total. The summed E-state index contributed by atoms with van der Waals surface area (Å²) in [5.41, 5.74) is 2.66. The molecule has 0 spiro atoms. The van der Waals surface area contributed by atoms with Gasteiger partial charge in [-0.3, -0.25) is 0 Å². The highest BCUT2D eigenvalue weighted by Gasteiger charge is 2.17. The van der Waals surface area contributed by atoms with Crippen molar-refractivity contribution in [3.8, 4) is 0 Å². The highest BCUT2D eigenvalue weighted by molar-refractivity contribution is 5.40. The molecule has 94 valence electrons. The van der Waals surface area contributed by atoms with E-state index in [0.717, 1.165) is 5.82 Å². The Bertz CT molecular complexity index is 491. The number of rotatable bonds is 4. The first-order chi connectivity index (χ1) is 8.68. The normalized spacial score (nSPS) is 12.4. The molecule has 0 amide bonds. The van der Waals surface area contributed by atoms with Crippen LogP contribution in [0.5, 0.6) is 0 Å². The molecule has 1 aromatic carbocycles. The minimum absolute atomic E-state index is 0.293. The molecule has 1 unspecified atom stereocenters. The summed E-state index contributed by atoms with van der Waals surface area (Å²) in [6.07, 6.45) is 1.82. The van der Waals surface area contributed by atoms with Gasteiger partial charge in [0, 0.05) is 6.20 Å². The molecule has 1 atom stereocenters. The van der Waals surface area contributed by atoms with E-state index in [2.05, 4.69) is 55.3 Å². The summed E-state index contributed by atoms with van der Waals surface area (Å²) >= 11 is 0. The second-order valence-electron chi connectivity index (χ2n) is 4.94. The van der Waals surface area contributed by atoms with Gasteiger partial charge in [-0.15, -0.1) is 0 Å². The number of nitrogens with zero attached hydrogens (tertiary/aromatic N) is 1. The van der Waals surface area contributed by atoms with Crippen LogP contribution in [0, 0.1) is 12.8 Å². The molecule has 0 radical (unpaired) electrons. The van der Waals surface area contributed by atoms with Crippen molar-refractivity contribution in [1.82, 2.24) is 4.98 Å². The molecule has 1 aromatic heterocycles. The highest BCUT2D eigenvalue weighted by atomic mass is 15.0. The maximum atomic E-state index is 4.34. The van der Waals surface area contributed by atoms with Crippen LogP contribution in [-0.2, 0) is 0 Å². The van der Waals surface area contributed by atoms with Crippen LogP contribution in [0.4, 0.5) is 5.82 Å². The van der Waals surface area contributed by atoms with Gasteiger partial charge < -0.3 is 5.32 Å². The molecule has 18 heavy (non-hydrogen) atoms. The molecule has 2 heteroatoms. The number of aryl methyl sites for hydroxylation is 1. The summed E-state index contributed by atoms with van der Waals surface area (Å²) < 4.78 is 0. The fraction of sp³-hybridized carbons (Fsp3) is 0.312. The van der Waals surface area contributed by atoms with Crippen LogP contribution in [-0.4, -0.2) is 4.98 Å². The summed E-state index contributed by atoms with van der Waals surface area (Å²) in [6.45, 7) is 6.62. The van der Waals surface area contributed by atoms with Crippen LogP contribution in [0.1, 0.15) is 31.0 Å². The Labute approximate surface area is 109 Å². The van der Waals surface area contributed by atoms with E-state index >= 15 is 0 Å². The lowest BCUT2D eigenvalue weighted by atomic mass is 9.92. The molecular formula is C16H20N2. The van der Waals surface area contributed by atoms with Gasteiger partial charge in [0.1, 0.15) is 5.82 Å². The number of anilines is 1. The van der Waals surface area contributed by atoms with Crippen LogP contribution < -0.4 is 5.32 Å². The monoisotopic (exact) mass is 240 g/mol. The molecule has 0 aliphatic carbocycles. The Morgan fingerprint density at radius 2 is 1.72 bits per heavy atom. The molecule has 2 nitrogen and oxygen atoms in total. The van der Waals surface area contributed by atoms with Gasteiger partial charge in [0.25, 0.3) is 0 Å². The average molecular weight is 240 g/mol. The predicted octanol–water partition coefficient (Wildman–Crippen LogP) is 4.20. The van der Waals surface area contributed by atoms with Gasteiger partial charge in [-0.05, 0) is 36.1 Å². The van der Waals surface area contributed by atoms with Gasteiger partial charge in [0.05, 0.1) is 6.04 Å². The number of aromatic nitrogens is 1. The Kier molecular flexibility index (Phi) is 3.98. The van der Waals surface area contributed by atoms with Crippen LogP contribution >= 0.6 is 0 Å². The van der Waals surface area contributed by atoms with Crippen molar-refractivity contribution in [1.29, 1.82) is 0 Å². The lowest BCUT2D eigenvalue weighted by molar-refractivity contribution is 0.542. The minimum atomic E-state index is 0.293. The molecule has 0 aliphatic heterocycles. The fourth-order valence-corrected chi connectivity index (χ4v) is 2.15. The summed E-state index contributed by atoms with van der Waals surface area (Å²) in [5.74, 6) is 1.44. The third-order valence-electron chi connectivity index (χ3n) is 3.16. The van der Waals surface area contributed by atoms with Gasteiger partial charge in [-0.25, -0.2) is 4.98 Å². The van der Waals surface area contributed by atoms with Gasteiger partial charge in [0.2, 0.25) is 0 Å². The molecule has 0 bridgehead atoms. The molecular weight excluding hydrogens is 220 g/mol. The predicted molar refractivity (Wildman–Crippen MR) is 76.6 cm³/mol. The average Bonchev–Trinajstić information content (AvgIpc) is 2.38. The maximum absolute atomic E-state index is 4.34. The van der Waals surface area contributed by atoms with Crippen molar-refractivity contribution in [3.63, 3.8) is 0 Å². The Morgan fingerprint density at radius 1 is 1.00 bits per heavy atom. The third kappa shape index (κ3) is 2.89. The van der Waals surface area contributed by atoms with E-state index in [1.54, 1.807) is 0 Å². The number of hydrogen-bond acceptors (Lipinski definition) is 2. The van der Waals surface area contributed by atoms with Gasteiger partial charge in [-0.2, -0.15) is 0 Å². The first-order valence-corrected chi connectivity index (χ1v) is 6.41. The zero-order chi connectivity index (χ0) is 13.0. The van der Waals surface area contributed by atoms with Gasteiger partial charge in [-0.1, -0.05) is 44.2 Å². The second-order valence-corrected chi connectivity index (χ2v) is 4.94. The summed E-state index contributed by atoms with van der Waals surface area (Å²) in [6, 6.07) is 14.8. The molecule has 0 aliphatic rings. The van der Waals surface area contributed by atoms with E-state index in [1.165, 1.54) is 11.1 Å². The SMILES string of the molecule is Cc1ccccc1C(Nc1ccccn1)C(C)C. The lowest BCUT2D eigenvalue weighted by Gasteiger charge is -2.25. The summed E-state index contributed by atoms with van der Waals surface area (Å²) in [4.78, 5) is 4.34. The van der Waals surface area contributed by atoms with E-state index in [0.29, 0.717) is 12.0 Å². The number of nitrogens with one attached hydrogen (secondary N) is 1. The minimum Gasteiger partial charge on any atom is -0.363 e. The van der Waals surface area contributed by atoms with Crippen molar-refractivity contribution in [2.75, 3.05) is 5.32 Å². The molecule has 0 saturated heterocycles. The maximum Gasteiger partial charge on any atom is 0.126 e. The van der Waals surface area contributed by atoms with Crippen molar-refractivity contribution < 1.29 is 0 Å². The molecule has 1 heterocycles. The van der Waals surface area contributed by atoms with Crippen LogP contribution in [0.3, 0.4) is 0 Å². The van der Waals surface area contributed by atoms with E-state index in [-0.39, 0.29) is 0 Å². The van der Waals surface area contributed by atoms with Crippen LogP contribution in [0.2, 0.25) is 0 Å². The zero-order valence-corrected chi connectivity index (χ0v) is 11.2. The van der Waals surface area contributed by atoms with Crippen molar-refractivity contribution in [2.45, 2.75) is 26.8 Å². The first kappa shape index (κ1) is 12.6. The Morgan fingerprint density at radius 3 is 2.33 bits per heavy atom. The summed E-state index contributed by atoms with van der Waals surface area (Å²) in [5, 5.41) is 3.52. The molecule has 2 aromatic rings. The van der Waals surface area contributed by atoms with Crippen LogP contribution in [0.15, 0.2) is 48.7 Å². The van der Waals surface area contributed by atoms with E-state index in [1.807, 2.05) is 24.4 Å². The van der Waals surface area contributed by atoms with Crippen LogP contribution in [0.25, 0.3) is 0 Å². The second kappa shape index (κ2) is 5.67. The zero-order valence-electron chi connectivity index (χ0n) is 11.2. The van der Waals surface area contributed by atoms with Crippen molar-refractivity contribution in [2.24, 2.45) is 5.92 Å². The Hall–Kier alpha value is -1.83. The van der Waals surface area contributed by atoms with Gasteiger partial charge in [0.15, 0.2) is 0 Å². The van der Waals surface area contributed by atoms with E-state index < -0.39 is 0 Å². The lowest BCUT2D eigenvalue weighted by Crippen LogP contribution is -2.18. The molecule has 2 rings (SSSR count). The number of benzene rings is 1. The Balaban J connectivity index is 2.27. The number of pyridine rings is 1. The first-order valence-electron chi connectivity index (χ1n) is 6.41. The van der Waals surface area contributed by atoms with Crippen molar-refractivity contribution in [3.05, 3.63) is 59.8 Å². The highest BCUT2D eigenvalue weighted by Crippen LogP contribution is 2.27. The van der Waals surface area contributed by atoms with E-state index in [4.69, 9.17) is 0 Å². The largest absolute Gasteiger partial charge is 0.363 e. The topological polar surface area (TPSA) is 24.9 Å². The third-order valence-corrected chi connectivity index (χ3v) is 3.16. The van der Waals surface area contributed by atoms with Crippen molar-refractivity contribution >= 4 is 5.82 Å².